The number of hydrogen-bond acceptors (Lipinski definition) is 7. The van der Waals surface area contributed by atoms with Crippen molar-refractivity contribution in [2.45, 2.75) is 24.9 Å². The minimum Gasteiger partial charge on any atom is -0.493 e. The molecular weight excluding hydrogens is 418 g/mol. The van der Waals surface area contributed by atoms with Crippen molar-refractivity contribution in [1.82, 2.24) is 24.7 Å². The molecule has 0 bridgehead atoms. The molecule has 4 rings (SSSR count). The summed E-state index contributed by atoms with van der Waals surface area (Å²) in [6.07, 6.45) is 2.07. The van der Waals surface area contributed by atoms with E-state index in [4.69, 9.17) is 9.47 Å². The molecule has 3 aromatic rings. The molecule has 1 aliphatic rings. The Morgan fingerprint density at radius 2 is 1.94 bits per heavy atom. The number of thioether (sulfide) groups is 1. The average molecular weight is 444 g/mol. The normalized spacial score (nSPS) is 14.7. The fraction of sp³-hybridized carbons (Fsp3) is 0.429. The first-order valence-corrected chi connectivity index (χ1v) is 11.1. The number of carbonyl (C=O) groups is 1. The van der Waals surface area contributed by atoms with Crippen LogP contribution in [0.2, 0.25) is 0 Å². The van der Waals surface area contributed by atoms with Gasteiger partial charge in [0.2, 0.25) is 11.1 Å². The zero-order chi connectivity index (χ0) is 22.0. The van der Waals surface area contributed by atoms with Crippen LogP contribution in [-0.2, 0) is 4.79 Å². The Hall–Kier alpha value is -3.01. The molecule has 10 heteroatoms. The molecule has 31 heavy (non-hydrogen) atoms. The van der Waals surface area contributed by atoms with E-state index in [1.165, 1.54) is 16.3 Å². The SMILES string of the molecule is COc1ccc(-c2cc3c(=O)[nH]nc(SCC(=O)N4CCC(C)CC4)n3n2)cc1OC. The van der Waals surface area contributed by atoms with Crippen molar-refractivity contribution >= 4 is 23.2 Å². The quantitative estimate of drug-likeness (QED) is 0.584. The van der Waals surface area contributed by atoms with Crippen LogP contribution in [0.25, 0.3) is 16.8 Å². The van der Waals surface area contributed by atoms with Gasteiger partial charge in [0.15, 0.2) is 11.5 Å². The average Bonchev–Trinajstić information content (AvgIpc) is 3.25. The minimum atomic E-state index is -0.347. The largest absolute Gasteiger partial charge is 0.493 e. The van der Waals surface area contributed by atoms with Crippen LogP contribution in [0, 0.1) is 5.92 Å². The Morgan fingerprint density at radius 3 is 2.65 bits per heavy atom. The molecule has 1 saturated heterocycles. The molecule has 3 heterocycles. The van der Waals surface area contributed by atoms with Crippen LogP contribution in [0.4, 0.5) is 0 Å². The lowest BCUT2D eigenvalue weighted by atomic mass is 9.99. The first-order chi connectivity index (χ1) is 15.0. The highest BCUT2D eigenvalue weighted by atomic mass is 32.2. The summed E-state index contributed by atoms with van der Waals surface area (Å²) >= 11 is 1.27. The predicted octanol–water partition coefficient (Wildman–Crippen LogP) is 2.45. The topological polar surface area (TPSA) is 102 Å². The molecule has 9 nitrogen and oxygen atoms in total. The highest BCUT2D eigenvalue weighted by Crippen LogP contribution is 2.32. The third-order valence-electron chi connectivity index (χ3n) is 5.52. The van der Waals surface area contributed by atoms with Crippen LogP contribution in [0.15, 0.2) is 34.2 Å². The molecule has 1 amide bonds. The molecule has 1 fully saturated rings. The molecule has 164 valence electrons. The van der Waals surface area contributed by atoms with Crippen molar-refractivity contribution in [2.75, 3.05) is 33.1 Å². The standard InChI is InChI=1S/C21H25N5O4S/c1-13-6-8-25(9-7-13)19(27)12-31-21-23-22-20(28)16-11-15(24-26(16)21)14-4-5-17(29-2)18(10-14)30-3/h4-5,10-11,13H,6-9,12H2,1-3H3,(H,22,28). The van der Waals surface area contributed by atoms with Crippen molar-refractivity contribution in [3.05, 3.63) is 34.6 Å². The fourth-order valence-electron chi connectivity index (χ4n) is 3.60. The molecule has 1 N–H and O–H groups in total. The number of piperidine rings is 1. The summed E-state index contributed by atoms with van der Waals surface area (Å²) in [4.78, 5) is 26.8. The van der Waals surface area contributed by atoms with Gasteiger partial charge in [0.25, 0.3) is 5.56 Å². The van der Waals surface area contributed by atoms with E-state index in [9.17, 15) is 9.59 Å². The van der Waals surface area contributed by atoms with E-state index < -0.39 is 0 Å². The van der Waals surface area contributed by atoms with E-state index in [2.05, 4.69) is 22.2 Å². The monoisotopic (exact) mass is 443 g/mol. The summed E-state index contributed by atoms with van der Waals surface area (Å²) in [5, 5.41) is 11.6. The number of amides is 1. The highest BCUT2D eigenvalue weighted by Gasteiger charge is 2.21. The molecule has 1 aromatic carbocycles. The molecule has 0 unspecified atom stereocenters. The van der Waals surface area contributed by atoms with Gasteiger partial charge < -0.3 is 14.4 Å². The Balaban J connectivity index is 1.58. The van der Waals surface area contributed by atoms with E-state index in [1.54, 1.807) is 32.4 Å². The van der Waals surface area contributed by atoms with Gasteiger partial charge in [0.05, 0.1) is 25.7 Å². The third kappa shape index (κ3) is 4.39. The van der Waals surface area contributed by atoms with Crippen molar-refractivity contribution in [3.63, 3.8) is 0 Å². The molecule has 0 atom stereocenters. The number of aromatic nitrogens is 4. The summed E-state index contributed by atoms with van der Waals surface area (Å²) in [6.45, 7) is 3.80. The maximum atomic E-state index is 12.6. The van der Waals surface area contributed by atoms with Crippen molar-refractivity contribution < 1.29 is 14.3 Å². The lowest BCUT2D eigenvalue weighted by molar-refractivity contribution is -0.129. The first-order valence-electron chi connectivity index (χ1n) is 10.1. The first kappa shape index (κ1) is 21.2. The Morgan fingerprint density at radius 1 is 1.19 bits per heavy atom. The maximum Gasteiger partial charge on any atom is 0.290 e. The molecule has 2 aromatic heterocycles. The van der Waals surface area contributed by atoms with Crippen molar-refractivity contribution in [1.29, 1.82) is 0 Å². The molecule has 1 aliphatic heterocycles. The van der Waals surface area contributed by atoms with E-state index in [0.29, 0.717) is 33.8 Å². The molecule has 0 aliphatic carbocycles. The summed E-state index contributed by atoms with van der Waals surface area (Å²) in [5.41, 5.74) is 1.38. The molecule has 0 saturated carbocycles. The van der Waals surface area contributed by atoms with Gasteiger partial charge in [-0.15, -0.1) is 5.10 Å². The van der Waals surface area contributed by atoms with Gasteiger partial charge in [-0.3, -0.25) is 9.59 Å². The number of hydrogen-bond donors (Lipinski definition) is 1. The van der Waals surface area contributed by atoms with Gasteiger partial charge in [-0.2, -0.15) is 5.10 Å². The smallest absolute Gasteiger partial charge is 0.290 e. The number of likely N-dealkylation sites (tertiary alicyclic amines) is 1. The second-order valence-electron chi connectivity index (χ2n) is 7.58. The zero-order valence-electron chi connectivity index (χ0n) is 17.8. The Labute approximate surface area is 183 Å². The Kier molecular flexibility index (Phi) is 6.17. The minimum absolute atomic E-state index is 0.0744. The molecular formula is C21H25N5O4S. The number of nitrogens with one attached hydrogen (secondary N) is 1. The van der Waals surface area contributed by atoms with Gasteiger partial charge >= 0.3 is 0 Å². The number of aromatic amines is 1. The van der Waals surface area contributed by atoms with Gasteiger partial charge in [-0.25, -0.2) is 9.61 Å². The number of rotatable bonds is 6. The van der Waals surface area contributed by atoms with E-state index in [-0.39, 0.29) is 17.2 Å². The van der Waals surface area contributed by atoms with Crippen molar-refractivity contribution in [3.8, 4) is 22.8 Å². The van der Waals surface area contributed by atoms with Crippen LogP contribution in [-0.4, -0.2) is 63.7 Å². The Bertz CT molecular complexity index is 1150. The summed E-state index contributed by atoms with van der Waals surface area (Å²) < 4.78 is 12.1. The highest BCUT2D eigenvalue weighted by molar-refractivity contribution is 7.99. The van der Waals surface area contributed by atoms with Crippen LogP contribution < -0.4 is 15.0 Å². The molecule has 0 spiro atoms. The maximum absolute atomic E-state index is 12.6. The second kappa shape index (κ2) is 9.01. The van der Waals surface area contributed by atoms with E-state index in [1.807, 2.05) is 11.0 Å². The van der Waals surface area contributed by atoms with Crippen LogP contribution in [0.5, 0.6) is 11.5 Å². The van der Waals surface area contributed by atoms with Crippen LogP contribution >= 0.6 is 11.8 Å². The van der Waals surface area contributed by atoms with Gasteiger partial charge in [0, 0.05) is 18.7 Å². The lowest BCUT2D eigenvalue weighted by Gasteiger charge is -2.30. The predicted molar refractivity (Wildman–Crippen MR) is 118 cm³/mol. The molecule has 0 radical (unpaired) electrons. The zero-order valence-corrected chi connectivity index (χ0v) is 18.6. The van der Waals surface area contributed by atoms with Gasteiger partial charge in [0.1, 0.15) is 5.52 Å². The van der Waals surface area contributed by atoms with E-state index in [0.717, 1.165) is 31.5 Å². The van der Waals surface area contributed by atoms with Gasteiger partial charge in [-0.05, 0) is 43.0 Å². The number of benzene rings is 1. The fourth-order valence-corrected chi connectivity index (χ4v) is 4.40. The number of carbonyl (C=O) groups excluding carboxylic acids is 1. The number of methoxy groups -OCH3 is 2. The number of ether oxygens (including phenoxy) is 2. The lowest BCUT2D eigenvalue weighted by Crippen LogP contribution is -2.39. The summed E-state index contributed by atoms with van der Waals surface area (Å²) in [7, 11) is 3.14. The van der Waals surface area contributed by atoms with Crippen molar-refractivity contribution in [2.24, 2.45) is 5.92 Å². The van der Waals surface area contributed by atoms with Gasteiger partial charge in [-0.1, -0.05) is 18.7 Å². The van der Waals surface area contributed by atoms with Crippen LogP contribution in [0.1, 0.15) is 19.8 Å². The second-order valence-corrected chi connectivity index (χ2v) is 8.53. The number of nitrogens with zero attached hydrogens (tertiary/aromatic N) is 4. The third-order valence-corrected chi connectivity index (χ3v) is 6.43. The summed E-state index contributed by atoms with van der Waals surface area (Å²) in [6, 6.07) is 7.13. The number of H-pyrrole nitrogens is 1. The van der Waals surface area contributed by atoms with E-state index >= 15 is 0 Å². The number of fused-ring (bicyclic) bond motifs is 1. The summed E-state index contributed by atoms with van der Waals surface area (Å²) in [5.74, 6) is 2.16. The van der Waals surface area contributed by atoms with Crippen LogP contribution in [0.3, 0.4) is 0 Å².